The summed E-state index contributed by atoms with van der Waals surface area (Å²) in [5.74, 6) is 1.11. The predicted molar refractivity (Wildman–Crippen MR) is 155 cm³/mol. The Morgan fingerprint density at radius 2 is 1.83 bits per heavy atom. The van der Waals surface area contributed by atoms with Crippen LogP contribution in [0.2, 0.25) is 0 Å². The Kier molecular flexibility index (Phi) is 6.24. The van der Waals surface area contributed by atoms with Crippen LogP contribution in [0.4, 0.5) is 5.82 Å². The number of hydrogen-bond donors (Lipinski definition) is 1. The summed E-state index contributed by atoms with van der Waals surface area (Å²) in [5, 5.41) is 8.47. The molecule has 2 aliphatic rings. The molecule has 0 radical (unpaired) electrons. The van der Waals surface area contributed by atoms with Gasteiger partial charge in [0.15, 0.2) is 5.65 Å². The standard InChI is InChI=1S/C29H30N8O3S/c1-34-11-13-35(14-12-34)29(38)23-17-33-36-10-9-21(15-25(23)36)24-18-37(41(39,40)22-5-3-2-4-6-22)28-26(24)27(31-19-32-28)30-16-20-7-8-20/h2-6,9-10,15,17-20H,7-8,11-14,16H2,1H3,(H,30,31,32). The van der Waals surface area contributed by atoms with Crippen molar-refractivity contribution in [1.29, 1.82) is 0 Å². The number of anilines is 1. The molecular weight excluding hydrogens is 540 g/mol. The third kappa shape index (κ3) is 4.62. The average molecular weight is 571 g/mol. The number of rotatable bonds is 7. The largest absolute Gasteiger partial charge is 0.369 e. The molecular formula is C29H30N8O3S. The van der Waals surface area contributed by atoms with E-state index in [2.05, 4.69) is 32.3 Å². The molecule has 5 heterocycles. The summed E-state index contributed by atoms with van der Waals surface area (Å²) in [7, 11) is -1.89. The van der Waals surface area contributed by atoms with E-state index in [4.69, 9.17) is 0 Å². The monoisotopic (exact) mass is 570 g/mol. The molecule has 1 amide bonds. The summed E-state index contributed by atoms with van der Waals surface area (Å²) in [5.41, 5.74) is 2.85. The number of carbonyl (C=O) groups is 1. The highest BCUT2D eigenvalue weighted by Crippen LogP contribution is 2.37. The highest BCUT2D eigenvalue weighted by Gasteiger charge is 2.28. The second-order valence-electron chi connectivity index (χ2n) is 10.8. The minimum absolute atomic E-state index is 0.0607. The number of nitrogens with zero attached hydrogens (tertiary/aromatic N) is 7. The fourth-order valence-corrected chi connectivity index (χ4v) is 6.67. The molecule has 1 aromatic carbocycles. The topological polar surface area (TPSA) is 118 Å². The first-order valence-corrected chi connectivity index (χ1v) is 15.2. The molecule has 0 spiro atoms. The van der Waals surface area contributed by atoms with Crippen molar-refractivity contribution in [3.05, 3.63) is 72.9 Å². The maximum atomic E-state index is 13.8. The van der Waals surface area contributed by atoms with E-state index >= 15 is 0 Å². The van der Waals surface area contributed by atoms with Crippen LogP contribution in [0.5, 0.6) is 0 Å². The Hall–Kier alpha value is -4.29. The molecule has 12 heteroatoms. The van der Waals surface area contributed by atoms with Crippen molar-refractivity contribution >= 4 is 38.3 Å². The number of aromatic nitrogens is 5. The zero-order valence-electron chi connectivity index (χ0n) is 22.6. The number of benzene rings is 1. The van der Waals surface area contributed by atoms with Gasteiger partial charge in [-0.3, -0.25) is 4.79 Å². The van der Waals surface area contributed by atoms with Crippen molar-refractivity contribution in [3.63, 3.8) is 0 Å². The normalized spacial score (nSPS) is 16.5. The molecule has 1 aliphatic heterocycles. The molecule has 4 aromatic heterocycles. The Morgan fingerprint density at radius 1 is 1.05 bits per heavy atom. The molecule has 1 saturated carbocycles. The van der Waals surface area contributed by atoms with Crippen molar-refractivity contribution in [3.8, 4) is 11.1 Å². The fourth-order valence-electron chi connectivity index (χ4n) is 5.33. The first kappa shape index (κ1) is 25.7. The summed E-state index contributed by atoms with van der Waals surface area (Å²) in [4.78, 5) is 26.7. The Morgan fingerprint density at radius 3 is 2.59 bits per heavy atom. The van der Waals surface area contributed by atoms with Crippen LogP contribution in [0.15, 0.2) is 72.3 Å². The molecule has 0 bridgehead atoms. The van der Waals surface area contributed by atoms with E-state index in [-0.39, 0.29) is 10.8 Å². The number of amides is 1. The van der Waals surface area contributed by atoms with Crippen molar-refractivity contribution in [1.82, 2.24) is 33.4 Å². The van der Waals surface area contributed by atoms with Gasteiger partial charge in [-0.1, -0.05) is 18.2 Å². The zero-order valence-corrected chi connectivity index (χ0v) is 23.5. The fraction of sp³-hybridized carbons (Fsp3) is 0.310. The molecule has 0 atom stereocenters. The maximum Gasteiger partial charge on any atom is 0.269 e. The highest BCUT2D eigenvalue weighted by atomic mass is 32.2. The van der Waals surface area contributed by atoms with Gasteiger partial charge in [-0.25, -0.2) is 26.9 Å². The van der Waals surface area contributed by atoms with Crippen molar-refractivity contribution in [2.45, 2.75) is 17.7 Å². The average Bonchev–Trinajstić information content (AvgIpc) is 3.59. The number of fused-ring (bicyclic) bond motifs is 2. The van der Waals surface area contributed by atoms with Gasteiger partial charge < -0.3 is 15.1 Å². The van der Waals surface area contributed by atoms with Crippen LogP contribution >= 0.6 is 0 Å². The van der Waals surface area contributed by atoms with Gasteiger partial charge in [-0.15, -0.1) is 0 Å². The van der Waals surface area contributed by atoms with Gasteiger partial charge in [0.1, 0.15) is 12.1 Å². The van der Waals surface area contributed by atoms with Gasteiger partial charge in [0.2, 0.25) is 0 Å². The van der Waals surface area contributed by atoms with E-state index < -0.39 is 10.0 Å². The van der Waals surface area contributed by atoms with Crippen LogP contribution < -0.4 is 5.32 Å². The van der Waals surface area contributed by atoms with Crippen LogP contribution in [0.25, 0.3) is 27.7 Å². The molecule has 1 N–H and O–H groups in total. The highest BCUT2D eigenvalue weighted by molar-refractivity contribution is 7.90. The Labute approximate surface area is 237 Å². The quantitative estimate of drug-likeness (QED) is 0.317. The number of pyridine rings is 1. The van der Waals surface area contributed by atoms with Gasteiger partial charge in [-0.2, -0.15) is 5.10 Å². The molecule has 210 valence electrons. The number of likely N-dealkylation sites (N-methyl/N-ethyl adjacent to an activating group) is 1. The summed E-state index contributed by atoms with van der Waals surface area (Å²) >= 11 is 0. The maximum absolute atomic E-state index is 13.8. The molecule has 5 aromatic rings. The van der Waals surface area contributed by atoms with Crippen molar-refractivity contribution in [2.75, 3.05) is 45.1 Å². The van der Waals surface area contributed by atoms with Gasteiger partial charge >= 0.3 is 0 Å². The smallest absolute Gasteiger partial charge is 0.269 e. The van der Waals surface area contributed by atoms with Gasteiger partial charge in [-0.05, 0) is 55.6 Å². The van der Waals surface area contributed by atoms with Gasteiger partial charge in [0, 0.05) is 50.7 Å². The third-order valence-corrected chi connectivity index (χ3v) is 9.62. The van der Waals surface area contributed by atoms with Crippen LogP contribution in [-0.2, 0) is 10.0 Å². The van der Waals surface area contributed by atoms with E-state index in [0.717, 1.165) is 25.2 Å². The van der Waals surface area contributed by atoms with Crippen LogP contribution in [0.3, 0.4) is 0 Å². The second-order valence-corrected chi connectivity index (χ2v) is 12.6. The summed E-state index contributed by atoms with van der Waals surface area (Å²) < 4.78 is 30.5. The lowest BCUT2D eigenvalue weighted by atomic mass is 10.1. The molecule has 0 unspecified atom stereocenters. The minimum Gasteiger partial charge on any atom is -0.369 e. The first-order chi connectivity index (χ1) is 19.9. The second kappa shape index (κ2) is 9.96. The van der Waals surface area contributed by atoms with Gasteiger partial charge in [0.05, 0.1) is 27.6 Å². The Bertz CT molecular complexity index is 1870. The van der Waals surface area contributed by atoms with E-state index in [1.165, 1.54) is 23.1 Å². The minimum atomic E-state index is -3.94. The summed E-state index contributed by atoms with van der Waals surface area (Å²) in [6.07, 6.45) is 8.73. The van der Waals surface area contributed by atoms with Crippen LogP contribution in [-0.4, -0.2) is 87.5 Å². The van der Waals surface area contributed by atoms with Crippen LogP contribution in [0, 0.1) is 5.92 Å². The molecule has 1 saturated heterocycles. The van der Waals surface area contributed by atoms with E-state index in [0.29, 0.717) is 52.5 Å². The molecule has 11 nitrogen and oxygen atoms in total. The number of piperazine rings is 1. The van der Waals surface area contributed by atoms with E-state index in [1.54, 1.807) is 53.4 Å². The van der Waals surface area contributed by atoms with Gasteiger partial charge in [0.25, 0.3) is 15.9 Å². The number of hydrogen-bond acceptors (Lipinski definition) is 8. The SMILES string of the molecule is CN1CCN(C(=O)c2cnn3ccc(-c4cn(S(=O)(=O)c5ccccc5)c5ncnc(NCC6CC6)c45)cc23)CC1. The molecule has 2 fully saturated rings. The van der Waals surface area contributed by atoms with Crippen molar-refractivity contribution < 1.29 is 13.2 Å². The molecule has 1 aliphatic carbocycles. The lowest BCUT2D eigenvalue weighted by Crippen LogP contribution is -2.47. The van der Waals surface area contributed by atoms with E-state index in [9.17, 15) is 13.2 Å². The number of nitrogens with one attached hydrogen (secondary N) is 1. The molecule has 41 heavy (non-hydrogen) atoms. The lowest BCUT2D eigenvalue weighted by molar-refractivity contribution is 0.0666. The molecule has 7 rings (SSSR count). The predicted octanol–water partition coefficient (Wildman–Crippen LogP) is 3.19. The Balaban J connectivity index is 1.37. The first-order valence-electron chi connectivity index (χ1n) is 13.8. The lowest BCUT2D eigenvalue weighted by Gasteiger charge is -2.32. The number of carbonyl (C=O) groups excluding carboxylic acids is 1. The summed E-state index contributed by atoms with van der Waals surface area (Å²) in [6, 6.07) is 12.1. The summed E-state index contributed by atoms with van der Waals surface area (Å²) in [6.45, 7) is 3.72. The third-order valence-electron chi connectivity index (χ3n) is 7.96. The van der Waals surface area contributed by atoms with Crippen molar-refractivity contribution in [2.24, 2.45) is 5.92 Å². The zero-order chi connectivity index (χ0) is 28.1. The van der Waals surface area contributed by atoms with E-state index in [1.807, 2.05) is 17.0 Å². The van der Waals surface area contributed by atoms with Crippen LogP contribution in [0.1, 0.15) is 23.2 Å².